The molecule has 0 aliphatic heterocycles. The van der Waals surface area contributed by atoms with E-state index in [4.69, 9.17) is 4.74 Å². The molecule has 1 unspecified atom stereocenters. The standard InChI is InChI=1S/C21H41N5O3.HI/c1-15(2)13-22-19(23-14-18(27)25(8)9)26(10)12-11-17(16(3)4)24-20(28)29-21(5,6)7;/h16-17H,1,11-14H2,2-10H3,(H,22,23)(H,24,28);1H. The van der Waals surface area contributed by atoms with Crippen LogP contribution in [0.1, 0.15) is 48.0 Å². The fourth-order valence-corrected chi connectivity index (χ4v) is 2.30. The van der Waals surface area contributed by atoms with E-state index in [9.17, 15) is 9.59 Å². The van der Waals surface area contributed by atoms with Crippen LogP contribution < -0.4 is 10.6 Å². The first-order valence-electron chi connectivity index (χ1n) is 10.1. The van der Waals surface area contributed by atoms with E-state index in [0.717, 1.165) is 5.57 Å². The van der Waals surface area contributed by atoms with Crippen LogP contribution in [-0.4, -0.2) is 80.2 Å². The molecule has 0 saturated carbocycles. The lowest BCUT2D eigenvalue weighted by atomic mass is 10.0. The maximum absolute atomic E-state index is 12.1. The first-order valence-corrected chi connectivity index (χ1v) is 10.1. The van der Waals surface area contributed by atoms with E-state index in [0.29, 0.717) is 25.5 Å². The average Bonchev–Trinajstić information content (AvgIpc) is 2.55. The van der Waals surface area contributed by atoms with Gasteiger partial charge in [-0.25, -0.2) is 9.79 Å². The zero-order valence-corrected chi connectivity index (χ0v) is 22.5. The van der Waals surface area contributed by atoms with Gasteiger partial charge in [-0.3, -0.25) is 4.79 Å². The highest BCUT2D eigenvalue weighted by Gasteiger charge is 2.22. The number of halogens is 1. The van der Waals surface area contributed by atoms with Crippen molar-refractivity contribution in [3.63, 3.8) is 0 Å². The number of carbonyl (C=O) groups is 2. The number of amides is 2. The van der Waals surface area contributed by atoms with Crippen molar-refractivity contribution in [2.75, 3.05) is 40.8 Å². The Morgan fingerprint density at radius 2 is 1.73 bits per heavy atom. The second kappa shape index (κ2) is 14.5. The number of nitrogens with one attached hydrogen (secondary N) is 2. The number of ether oxygens (including phenoxy) is 1. The molecule has 0 fully saturated rings. The molecule has 8 nitrogen and oxygen atoms in total. The topological polar surface area (TPSA) is 86.3 Å². The zero-order valence-electron chi connectivity index (χ0n) is 20.2. The van der Waals surface area contributed by atoms with Crippen molar-refractivity contribution in [1.82, 2.24) is 20.4 Å². The summed E-state index contributed by atoms with van der Waals surface area (Å²) in [5.74, 6) is 0.803. The van der Waals surface area contributed by atoms with Gasteiger partial charge in [0, 0.05) is 40.3 Å². The molecule has 1 atom stereocenters. The van der Waals surface area contributed by atoms with Crippen LogP contribution in [0.3, 0.4) is 0 Å². The van der Waals surface area contributed by atoms with Crippen LogP contribution in [0.4, 0.5) is 4.79 Å². The lowest BCUT2D eigenvalue weighted by Gasteiger charge is -2.28. The Kier molecular flexibility index (Phi) is 14.8. The third-order valence-corrected chi connectivity index (χ3v) is 4.06. The van der Waals surface area contributed by atoms with Crippen LogP contribution in [0.5, 0.6) is 0 Å². The van der Waals surface area contributed by atoms with Crippen LogP contribution in [0, 0.1) is 5.92 Å². The molecule has 0 aromatic carbocycles. The maximum atomic E-state index is 12.1. The monoisotopic (exact) mass is 539 g/mol. The van der Waals surface area contributed by atoms with Crippen molar-refractivity contribution in [2.45, 2.75) is 59.6 Å². The number of nitrogens with zero attached hydrogens (tertiary/aromatic N) is 3. The minimum absolute atomic E-state index is 0. The normalized spacial score (nSPS) is 12.5. The minimum Gasteiger partial charge on any atom is -0.444 e. The number of hydrogen-bond acceptors (Lipinski definition) is 4. The summed E-state index contributed by atoms with van der Waals surface area (Å²) < 4.78 is 5.37. The molecule has 0 heterocycles. The number of alkyl carbamates (subject to hydrolysis) is 1. The number of rotatable bonds is 9. The highest BCUT2D eigenvalue weighted by Crippen LogP contribution is 2.11. The van der Waals surface area contributed by atoms with Gasteiger partial charge in [-0.2, -0.15) is 0 Å². The van der Waals surface area contributed by atoms with Crippen molar-refractivity contribution < 1.29 is 14.3 Å². The number of aliphatic imine (C=N–C) groups is 1. The van der Waals surface area contributed by atoms with Crippen LogP contribution in [-0.2, 0) is 9.53 Å². The summed E-state index contributed by atoms with van der Waals surface area (Å²) in [6.45, 7) is 16.8. The molecule has 176 valence electrons. The van der Waals surface area contributed by atoms with E-state index in [2.05, 4.69) is 36.1 Å². The zero-order chi connectivity index (χ0) is 22.8. The molecule has 2 amide bonds. The summed E-state index contributed by atoms with van der Waals surface area (Å²) in [5.41, 5.74) is 0.435. The van der Waals surface area contributed by atoms with Crippen molar-refractivity contribution >= 4 is 41.9 Å². The summed E-state index contributed by atoms with van der Waals surface area (Å²) in [6.07, 6.45) is 0.299. The van der Waals surface area contributed by atoms with Crippen molar-refractivity contribution in [3.8, 4) is 0 Å². The van der Waals surface area contributed by atoms with E-state index >= 15 is 0 Å². The molecule has 0 aromatic rings. The second-order valence-corrected chi connectivity index (χ2v) is 8.95. The largest absolute Gasteiger partial charge is 0.444 e. The van der Waals surface area contributed by atoms with Crippen molar-refractivity contribution in [3.05, 3.63) is 12.2 Å². The molecule has 0 spiro atoms. The fraction of sp³-hybridized carbons (Fsp3) is 0.762. The van der Waals surface area contributed by atoms with Crippen LogP contribution >= 0.6 is 24.0 Å². The SMILES string of the molecule is C=C(C)CNC(=NCC(=O)N(C)C)N(C)CCC(NC(=O)OC(C)(C)C)C(C)C.I. The van der Waals surface area contributed by atoms with E-state index in [-0.39, 0.29) is 48.4 Å². The number of guanidine groups is 1. The van der Waals surface area contributed by atoms with Gasteiger partial charge in [0.2, 0.25) is 5.91 Å². The first kappa shape index (κ1) is 30.7. The molecular weight excluding hydrogens is 497 g/mol. The third kappa shape index (κ3) is 14.5. The van der Waals surface area contributed by atoms with Gasteiger partial charge in [-0.1, -0.05) is 26.0 Å². The number of carbonyl (C=O) groups excluding carboxylic acids is 2. The molecule has 2 N–H and O–H groups in total. The lowest BCUT2D eigenvalue weighted by molar-refractivity contribution is -0.127. The Morgan fingerprint density at radius 1 is 1.17 bits per heavy atom. The van der Waals surface area contributed by atoms with Gasteiger partial charge >= 0.3 is 6.09 Å². The van der Waals surface area contributed by atoms with E-state index in [1.807, 2.05) is 39.6 Å². The van der Waals surface area contributed by atoms with E-state index < -0.39 is 11.7 Å². The van der Waals surface area contributed by atoms with Gasteiger partial charge in [0.15, 0.2) is 5.96 Å². The summed E-state index contributed by atoms with van der Waals surface area (Å²) >= 11 is 0. The summed E-state index contributed by atoms with van der Waals surface area (Å²) in [5, 5.41) is 6.19. The molecule has 0 aromatic heterocycles. The molecule has 0 rings (SSSR count). The summed E-state index contributed by atoms with van der Waals surface area (Å²) in [7, 11) is 5.32. The lowest BCUT2D eigenvalue weighted by Crippen LogP contribution is -2.46. The third-order valence-electron chi connectivity index (χ3n) is 4.06. The molecular formula is C21H42IN5O3. The highest BCUT2D eigenvalue weighted by molar-refractivity contribution is 14.0. The Morgan fingerprint density at radius 3 is 2.17 bits per heavy atom. The Labute approximate surface area is 199 Å². The van der Waals surface area contributed by atoms with Gasteiger partial charge in [0.25, 0.3) is 0 Å². The van der Waals surface area contributed by atoms with Gasteiger partial charge in [0.05, 0.1) is 0 Å². The summed E-state index contributed by atoms with van der Waals surface area (Å²) in [4.78, 5) is 31.9. The average molecular weight is 540 g/mol. The molecule has 30 heavy (non-hydrogen) atoms. The second-order valence-electron chi connectivity index (χ2n) is 8.95. The van der Waals surface area contributed by atoms with E-state index in [1.165, 1.54) is 4.90 Å². The molecule has 9 heteroatoms. The van der Waals surface area contributed by atoms with Crippen LogP contribution in [0.15, 0.2) is 17.1 Å². The smallest absolute Gasteiger partial charge is 0.407 e. The molecule has 0 aliphatic carbocycles. The van der Waals surface area contributed by atoms with Gasteiger partial charge in [-0.15, -0.1) is 24.0 Å². The van der Waals surface area contributed by atoms with Crippen molar-refractivity contribution in [2.24, 2.45) is 10.9 Å². The van der Waals surface area contributed by atoms with Gasteiger partial charge in [-0.05, 0) is 40.0 Å². The van der Waals surface area contributed by atoms with Crippen LogP contribution in [0.2, 0.25) is 0 Å². The highest BCUT2D eigenvalue weighted by atomic mass is 127. The minimum atomic E-state index is -0.534. The van der Waals surface area contributed by atoms with E-state index in [1.54, 1.807) is 14.1 Å². The quantitative estimate of drug-likeness (QED) is 0.204. The Bertz CT molecular complexity index is 586. The fourth-order valence-electron chi connectivity index (χ4n) is 2.30. The molecule has 0 saturated heterocycles. The predicted molar refractivity (Wildman–Crippen MR) is 134 cm³/mol. The maximum Gasteiger partial charge on any atom is 0.407 e. The van der Waals surface area contributed by atoms with Gasteiger partial charge < -0.3 is 25.2 Å². The van der Waals surface area contributed by atoms with Crippen molar-refractivity contribution in [1.29, 1.82) is 0 Å². The number of hydrogen-bond donors (Lipinski definition) is 2. The molecule has 0 radical (unpaired) electrons. The van der Waals surface area contributed by atoms with Crippen LogP contribution in [0.25, 0.3) is 0 Å². The predicted octanol–water partition coefficient (Wildman–Crippen LogP) is 3.09. The Balaban J connectivity index is 0. The molecule has 0 bridgehead atoms. The summed E-state index contributed by atoms with van der Waals surface area (Å²) in [6, 6.07) is -0.0434. The Hall–Kier alpha value is -1.52. The first-order chi connectivity index (χ1) is 13.2. The number of likely N-dealkylation sites (N-methyl/N-ethyl adjacent to an activating group) is 1. The van der Waals surface area contributed by atoms with Gasteiger partial charge in [0.1, 0.15) is 12.1 Å². The molecule has 0 aliphatic rings.